The first-order chi connectivity index (χ1) is 11.5. The molecule has 1 aliphatic rings. The van der Waals surface area contributed by atoms with Gasteiger partial charge in [0.2, 0.25) is 5.95 Å². The SMILES string of the molecule is COC(=O)Cn1c(=O)n([C@@H]2O[C@H](CO)C[C@H]2O)c2nc(N)ncc21. The van der Waals surface area contributed by atoms with Crippen LogP contribution in [0, 0.1) is 0 Å². The molecule has 4 N–H and O–H groups in total. The van der Waals surface area contributed by atoms with Crippen LogP contribution in [0.25, 0.3) is 11.2 Å². The number of anilines is 1. The Balaban J connectivity index is 2.17. The van der Waals surface area contributed by atoms with Crippen LogP contribution in [0.1, 0.15) is 12.6 Å². The number of fused-ring (bicyclic) bond motifs is 1. The Labute approximate surface area is 135 Å². The topological polar surface area (TPSA) is 155 Å². The van der Waals surface area contributed by atoms with Gasteiger partial charge in [0.25, 0.3) is 0 Å². The number of esters is 1. The first-order valence-corrected chi connectivity index (χ1v) is 7.20. The standard InChI is InChI=1S/C13H17N5O6/c1-23-9(21)4-17-7-3-15-12(14)16-10(7)18(13(17)22)11-8(20)2-6(5-19)24-11/h3,6,8,11,19-20H,2,4-5H2,1H3,(H2,14,15,16)/t6-,8+,11+/m0/s1. The largest absolute Gasteiger partial charge is 0.468 e. The molecule has 0 bridgehead atoms. The lowest BCUT2D eigenvalue weighted by molar-refractivity contribution is -0.141. The Bertz CT molecular complexity index is 830. The Hall–Kier alpha value is -2.50. The van der Waals surface area contributed by atoms with E-state index >= 15 is 0 Å². The number of imidazole rings is 1. The molecular formula is C13H17N5O6. The number of hydrogen-bond donors (Lipinski definition) is 3. The molecule has 0 aromatic carbocycles. The number of hydrogen-bond acceptors (Lipinski definition) is 9. The molecule has 0 radical (unpaired) electrons. The van der Waals surface area contributed by atoms with Crippen molar-refractivity contribution in [1.82, 2.24) is 19.1 Å². The number of methoxy groups -OCH3 is 1. The summed E-state index contributed by atoms with van der Waals surface area (Å²) in [5.74, 6) is -0.702. The summed E-state index contributed by atoms with van der Waals surface area (Å²) < 4.78 is 12.3. The highest BCUT2D eigenvalue weighted by atomic mass is 16.5. The molecule has 0 saturated carbocycles. The van der Waals surface area contributed by atoms with Gasteiger partial charge in [-0.25, -0.2) is 14.3 Å². The van der Waals surface area contributed by atoms with E-state index in [-0.39, 0.29) is 36.7 Å². The molecule has 11 heteroatoms. The number of carbonyl (C=O) groups is 1. The number of ether oxygens (including phenoxy) is 2. The zero-order valence-corrected chi connectivity index (χ0v) is 12.8. The van der Waals surface area contributed by atoms with Crippen LogP contribution in [0.3, 0.4) is 0 Å². The summed E-state index contributed by atoms with van der Waals surface area (Å²) in [6.45, 7) is -0.640. The molecule has 3 atom stereocenters. The number of nitrogens with zero attached hydrogens (tertiary/aromatic N) is 4. The predicted octanol–water partition coefficient (Wildman–Crippen LogP) is -2.01. The van der Waals surface area contributed by atoms with Crippen LogP contribution in [0.15, 0.2) is 11.0 Å². The molecule has 1 saturated heterocycles. The van der Waals surface area contributed by atoms with E-state index in [4.69, 9.17) is 10.5 Å². The summed E-state index contributed by atoms with van der Waals surface area (Å²) in [4.78, 5) is 32.2. The quantitative estimate of drug-likeness (QED) is 0.536. The van der Waals surface area contributed by atoms with E-state index in [9.17, 15) is 19.8 Å². The smallest absolute Gasteiger partial charge is 0.333 e. The molecule has 0 aliphatic carbocycles. The maximum atomic E-state index is 12.7. The van der Waals surface area contributed by atoms with Crippen molar-refractivity contribution in [3.63, 3.8) is 0 Å². The molecule has 1 fully saturated rings. The highest BCUT2D eigenvalue weighted by molar-refractivity contribution is 5.76. The third kappa shape index (κ3) is 2.62. The zero-order chi connectivity index (χ0) is 17.4. The van der Waals surface area contributed by atoms with Crippen molar-refractivity contribution in [2.24, 2.45) is 0 Å². The Morgan fingerprint density at radius 1 is 1.58 bits per heavy atom. The van der Waals surface area contributed by atoms with Gasteiger partial charge in [0.15, 0.2) is 11.9 Å². The van der Waals surface area contributed by atoms with Crippen LogP contribution >= 0.6 is 0 Å². The monoisotopic (exact) mass is 339 g/mol. The van der Waals surface area contributed by atoms with E-state index in [1.54, 1.807) is 0 Å². The van der Waals surface area contributed by atoms with Crippen molar-refractivity contribution in [2.75, 3.05) is 19.5 Å². The van der Waals surface area contributed by atoms with Crippen LogP contribution in [-0.2, 0) is 20.8 Å². The van der Waals surface area contributed by atoms with Gasteiger partial charge < -0.3 is 25.4 Å². The fourth-order valence-electron chi connectivity index (χ4n) is 2.73. The van der Waals surface area contributed by atoms with Crippen molar-refractivity contribution in [2.45, 2.75) is 31.4 Å². The van der Waals surface area contributed by atoms with Gasteiger partial charge in [0.05, 0.1) is 26.0 Å². The molecule has 0 amide bonds. The van der Waals surface area contributed by atoms with Gasteiger partial charge >= 0.3 is 11.7 Å². The van der Waals surface area contributed by atoms with E-state index in [0.717, 1.165) is 9.13 Å². The van der Waals surface area contributed by atoms with Gasteiger partial charge in [-0.15, -0.1) is 0 Å². The number of aliphatic hydroxyl groups excluding tert-OH is 2. The molecule has 3 heterocycles. The molecule has 11 nitrogen and oxygen atoms in total. The summed E-state index contributed by atoms with van der Waals surface area (Å²) in [5, 5.41) is 19.4. The number of rotatable bonds is 4. The van der Waals surface area contributed by atoms with Crippen LogP contribution in [-0.4, -0.2) is 61.2 Å². The molecule has 130 valence electrons. The third-order valence-corrected chi connectivity index (χ3v) is 3.86. The summed E-state index contributed by atoms with van der Waals surface area (Å²) in [5.41, 5.74) is 5.33. The van der Waals surface area contributed by atoms with Crippen molar-refractivity contribution < 1.29 is 24.5 Å². The average Bonchev–Trinajstić information content (AvgIpc) is 3.05. The van der Waals surface area contributed by atoms with Crippen LogP contribution in [0.4, 0.5) is 5.95 Å². The second kappa shape index (κ2) is 6.19. The lowest BCUT2D eigenvalue weighted by Gasteiger charge is -2.15. The fraction of sp³-hybridized carbons (Fsp3) is 0.538. The first-order valence-electron chi connectivity index (χ1n) is 7.20. The summed E-state index contributed by atoms with van der Waals surface area (Å²) in [6, 6.07) is 0. The molecule has 3 rings (SSSR count). The Kier molecular flexibility index (Phi) is 4.22. The fourth-order valence-corrected chi connectivity index (χ4v) is 2.73. The van der Waals surface area contributed by atoms with E-state index in [2.05, 4.69) is 14.7 Å². The van der Waals surface area contributed by atoms with Crippen molar-refractivity contribution in [3.05, 3.63) is 16.7 Å². The number of carbonyl (C=O) groups excluding carboxylic acids is 1. The highest BCUT2D eigenvalue weighted by Crippen LogP contribution is 2.30. The van der Waals surface area contributed by atoms with Gasteiger partial charge in [-0.1, -0.05) is 0 Å². The highest BCUT2D eigenvalue weighted by Gasteiger charge is 2.38. The summed E-state index contributed by atoms with van der Waals surface area (Å²) in [7, 11) is 1.21. The Morgan fingerprint density at radius 3 is 2.96 bits per heavy atom. The maximum absolute atomic E-state index is 12.7. The second-order valence-corrected chi connectivity index (χ2v) is 5.39. The third-order valence-electron chi connectivity index (χ3n) is 3.86. The lowest BCUT2D eigenvalue weighted by atomic mass is 10.2. The van der Waals surface area contributed by atoms with Crippen molar-refractivity contribution >= 4 is 23.1 Å². The van der Waals surface area contributed by atoms with Crippen LogP contribution in [0.5, 0.6) is 0 Å². The van der Waals surface area contributed by atoms with E-state index in [1.807, 2.05) is 0 Å². The first kappa shape index (κ1) is 16.4. The molecule has 2 aromatic rings. The minimum absolute atomic E-state index is 0.0716. The maximum Gasteiger partial charge on any atom is 0.333 e. The van der Waals surface area contributed by atoms with E-state index in [0.29, 0.717) is 0 Å². The minimum Gasteiger partial charge on any atom is -0.468 e. The molecule has 1 aliphatic heterocycles. The lowest BCUT2D eigenvalue weighted by Crippen LogP contribution is -2.33. The van der Waals surface area contributed by atoms with E-state index in [1.165, 1.54) is 13.3 Å². The van der Waals surface area contributed by atoms with E-state index < -0.39 is 30.1 Å². The molecule has 2 aromatic heterocycles. The molecule has 0 unspecified atom stereocenters. The predicted molar refractivity (Wildman–Crippen MR) is 79.8 cm³/mol. The number of nitrogen functional groups attached to an aromatic ring is 1. The summed E-state index contributed by atoms with van der Waals surface area (Å²) >= 11 is 0. The Morgan fingerprint density at radius 2 is 2.33 bits per heavy atom. The van der Waals surface area contributed by atoms with Gasteiger partial charge in [0, 0.05) is 6.42 Å². The number of nitrogens with two attached hydrogens (primary N) is 1. The average molecular weight is 339 g/mol. The van der Waals surface area contributed by atoms with Gasteiger partial charge in [0.1, 0.15) is 18.2 Å². The molecule has 0 spiro atoms. The second-order valence-electron chi connectivity index (χ2n) is 5.39. The normalized spacial score (nSPS) is 23.7. The molecule has 24 heavy (non-hydrogen) atoms. The van der Waals surface area contributed by atoms with Gasteiger partial charge in [-0.2, -0.15) is 4.98 Å². The van der Waals surface area contributed by atoms with Crippen molar-refractivity contribution in [1.29, 1.82) is 0 Å². The number of aromatic nitrogens is 4. The number of aliphatic hydroxyl groups is 2. The zero-order valence-electron chi connectivity index (χ0n) is 12.8. The van der Waals surface area contributed by atoms with Gasteiger partial charge in [-0.3, -0.25) is 9.36 Å². The van der Waals surface area contributed by atoms with Gasteiger partial charge in [-0.05, 0) is 0 Å². The van der Waals surface area contributed by atoms with Crippen LogP contribution in [0.2, 0.25) is 0 Å². The minimum atomic E-state index is -1.05. The van der Waals surface area contributed by atoms with Crippen LogP contribution < -0.4 is 11.4 Å². The van der Waals surface area contributed by atoms with Crippen molar-refractivity contribution in [3.8, 4) is 0 Å². The summed E-state index contributed by atoms with van der Waals surface area (Å²) in [6.07, 6.45) is -1.20. The molecular weight excluding hydrogens is 322 g/mol.